The van der Waals surface area contributed by atoms with Gasteiger partial charge in [0.25, 0.3) is 5.91 Å². The average Bonchev–Trinajstić information content (AvgIpc) is 2.73. The minimum Gasteiger partial charge on any atom is -0.378 e. The smallest absolute Gasteiger partial charge is 0.253 e. The van der Waals surface area contributed by atoms with E-state index in [9.17, 15) is 13.2 Å². The Morgan fingerprint density at radius 2 is 1.62 bits per heavy atom. The van der Waals surface area contributed by atoms with Crippen molar-refractivity contribution in [3.05, 3.63) is 59.7 Å². The van der Waals surface area contributed by atoms with Crippen LogP contribution < -0.4 is 9.62 Å². The second-order valence-corrected chi connectivity index (χ2v) is 9.34. The number of carbonyl (C=O) groups excluding carboxylic acids is 1. The van der Waals surface area contributed by atoms with Gasteiger partial charge in [-0.15, -0.1) is 0 Å². The lowest BCUT2D eigenvalue weighted by atomic mass is 10.0. The molecule has 1 heterocycles. The number of carbonyl (C=O) groups is 1. The molecule has 0 spiro atoms. The fraction of sp³-hybridized carbons (Fsp3) is 0.409. The van der Waals surface area contributed by atoms with Crippen molar-refractivity contribution in [3.8, 4) is 0 Å². The van der Waals surface area contributed by atoms with Gasteiger partial charge in [0.1, 0.15) is 0 Å². The van der Waals surface area contributed by atoms with Gasteiger partial charge in [0.15, 0.2) is 0 Å². The summed E-state index contributed by atoms with van der Waals surface area (Å²) < 4.78 is 28.1. The van der Waals surface area contributed by atoms with Gasteiger partial charge >= 0.3 is 0 Å². The molecule has 3 rings (SSSR count). The van der Waals surface area contributed by atoms with Crippen molar-refractivity contribution in [1.82, 2.24) is 9.62 Å². The number of rotatable bonds is 6. The zero-order valence-corrected chi connectivity index (χ0v) is 18.1. The zero-order chi connectivity index (χ0) is 21.0. The van der Waals surface area contributed by atoms with E-state index in [2.05, 4.69) is 4.72 Å². The topological polar surface area (TPSA) is 69.7 Å². The van der Waals surface area contributed by atoms with Crippen LogP contribution in [-0.2, 0) is 16.4 Å². The van der Waals surface area contributed by atoms with Crippen LogP contribution in [0.15, 0.2) is 53.4 Å². The Labute approximate surface area is 173 Å². The first-order valence-corrected chi connectivity index (χ1v) is 11.5. The van der Waals surface area contributed by atoms with Crippen molar-refractivity contribution in [2.45, 2.75) is 37.1 Å². The molecule has 2 aromatic rings. The van der Waals surface area contributed by atoms with Crippen LogP contribution in [0.25, 0.3) is 0 Å². The quantitative estimate of drug-likeness (QED) is 0.788. The number of hydrogen-bond donors (Lipinski definition) is 1. The number of aryl methyl sites for hydroxylation is 1. The number of nitrogens with one attached hydrogen (secondary N) is 1. The molecular formula is C22H29N3O3S. The fourth-order valence-corrected chi connectivity index (χ4v) is 4.78. The van der Waals surface area contributed by atoms with Gasteiger partial charge in [-0.2, -0.15) is 0 Å². The molecule has 0 unspecified atom stereocenters. The Kier molecular flexibility index (Phi) is 6.59. The molecule has 0 aromatic heterocycles. The van der Waals surface area contributed by atoms with Crippen LogP contribution in [0.2, 0.25) is 0 Å². The van der Waals surface area contributed by atoms with E-state index in [1.54, 1.807) is 17.0 Å². The van der Waals surface area contributed by atoms with Crippen molar-refractivity contribution in [3.63, 3.8) is 0 Å². The SMILES string of the molecule is CCc1ccc(S(=O)(=O)NC2CCN(C(=O)c3ccc(N(C)C)cc3)CC2)cc1. The molecule has 1 aliphatic rings. The van der Waals surface area contributed by atoms with E-state index in [4.69, 9.17) is 0 Å². The number of nitrogens with zero attached hydrogens (tertiary/aromatic N) is 2. The Balaban J connectivity index is 1.57. The molecule has 0 atom stereocenters. The molecule has 7 heteroatoms. The highest BCUT2D eigenvalue weighted by Gasteiger charge is 2.27. The molecule has 156 valence electrons. The number of amides is 1. The molecule has 2 aromatic carbocycles. The summed E-state index contributed by atoms with van der Waals surface area (Å²) in [5.41, 5.74) is 2.81. The van der Waals surface area contributed by atoms with Crippen molar-refractivity contribution in [1.29, 1.82) is 0 Å². The van der Waals surface area contributed by atoms with Crippen molar-refractivity contribution in [2.75, 3.05) is 32.1 Å². The van der Waals surface area contributed by atoms with Crippen molar-refractivity contribution >= 4 is 21.6 Å². The van der Waals surface area contributed by atoms with Crippen LogP contribution in [0.3, 0.4) is 0 Å². The third kappa shape index (κ3) is 5.16. The molecular weight excluding hydrogens is 386 g/mol. The molecule has 0 aliphatic carbocycles. The van der Waals surface area contributed by atoms with E-state index in [-0.39, 0.29) is 16.8 Å². The van der Waals surface area contributed by atoms with Gasteiger partial charge < -0.3 is 9.80 Å². The normalized spacial score (nSPS) is 15.3. The molecule has 0 saturated carbocycles. The lowest BCUT2D eigenvalue weighted by molar-refractivity contribution is 0.0711. The largest absolute Gasteiger partial charge is 0.378 e. The summed E-state index contributed by atoms with van der Waals surface area (Å²) in [5, 5.41) is 0. The Bertz CT molecular complexity index is 930. The molecule has 1 aliphatic heterocycles. The van der Waals surface area contributed by atoms with Gasteiger partial charge in [-0.1, -0.05) is 19.1 Å². The van der Waals surface area contributed by atoms with Crippen LogP contribution in [0, 0.1) is 0 Å². The maximum atomic E-state index is 12.7. The average molecular weight is 416 g/mol. The second kappa shape index (κ2) is 8.97. The van der Waals surface area contributed by atoms with E-state index < -0.39 is 10.0 Å². The Morgan fingerprint density at radius 3 is 2.14 bits per heavy atom. The number of benzene rings is 2. The predicted molar refractivity (Wildman–Crippen MR) is 116 cm³/mol. The summed E-state index contributed by atoms with van der Waals surface area (Å²) in [5.74, 6) is -0.00762. The first-order chi connectivity index (χ1) is 13.8. The first kappa shape index (κ1) is 21.3. The standard InChI is InChI=1S/C22H29N3O3S/c1-4-17-5-11-21(12-6-17)29(27,28)23-19-13-15-25(16-14-19)22(26)18-7-9-20(10-8-18)24(2)3/h5-12,19,23H,4,13-16H2,1-3H3. The monoisotopic (exact) mass is 415 g/mol. The van der Waals surface area contributed by atoms with Crippen molar-refractivity contribution < 1.29 is 13.2 Å². The zero-order valence-electron chi connectivity index (χ0n) is 17.3. The molecule has 1 N–H and O–H groups in total. The second-order valence-electron chi connectivity index (χ2n) is 7.63. The number of piperidine rings is 1. The molecule has 1 amide bonds. The van der Waals surface area contributed by atoms with Crippen LogP contribution in [0.4, 0.5) is 5.69 Å². The molecule has 29 heavy (non-hydrogen) atoms. The van der Waals surface area contributed by atoms with Gasteiger partial charge in [0.2, 0.25) is 10.0 Å². The van der Waals surface area contributed by atoms with E-state index >= 15 is 0 Å². The summed E-state index contributed by atoms with van der Waals surface area (Å²) in [4.78, 5) is 16.8. The Morgan fingerprint density at radius 1 is 1.03 bits per heavy atom. The molecule has 0 bridgehead atoms. The molecule has 1 saturated heterocycles. The van der Waals surface area contributed by atoms with Crippen LogP contribution >= 0.6 is 0 Å². The third-order valence-corrected chi connectivity index (χ3v) is 6.91. The van der Waals surface area contributed by atoms with Crippen LogP contribution in [0.5, 0.6) is 0 Å². The predicted octanol–water partition coefficient (Wildman–Crippen LogP) is 2.90. The summed E-state index contributed by atoms with van der Waals surface area (Å²) in [6, 6.07) is 14.4. The molecule has 1 fully saturated rings. The van der Waals surface area contributed by atoms with Gasteiger partial charge in [-0.25, -0.2) is 13.1 Å². The maximum Gasteiger partial charge on any atom is 0.253 e. The van der Waals surface area contributed by atoms with E-state index in [1.165, 1.54) is 0 Å². The van der Waals surface area contributed by atoms with Gasteiger partial charge in [-0.05, 0) is 61.2 Å². The lowest BCUT2D eigenvalue weighted by Crippen LogP contribution is -2.46. The Hall–Kier alpha value is -2.38. The number of likely N-dealkylation sites (tertiary alicyclic amines) is 1. The molecule has 6 nitrogen and oxygen atoms in total. The summed E-state index contributed by atoms with van der Waals surface area (Å²) >= 11 is 0. The lowest BCUT2D eigenvalue weighted by Gasteiger charge is -2.32. The molecule has 0 radical (unpaired) electrons. The van der Waals surface area contributed by atoms with Gasteiger partial charge in [-0.3, -0.25) is 4.79 Å². The van der Waals surface area contributed by atoms with E-state index in [0.29, 0.717) is 31.5 Å². The maximum absolute atomic E-state index is 12.7. The minimum absolute atomic E-state index is 0.00762. The van der Waals surface area contributed by atoms with Crippen LogP contribution in [-0.4, -0.2) is 52.5 Å². The van der Waals surface area contributed by atoms with Crippen LogP contribution in [0.1, 0.15) is 35.7 Å². The van der Waals surface area contributed by atoms with E-state index in [1.807, 2.05) is 62.3 Å². The van der Waals surface area contributed by atoms with E-state index in [0.717, 1.165) is 17.7 Å². The summed E-state index contributed by atoms with van der Waals surface area (Å²) in [7, 11) is 0.372. The summed E-state index contributed by atoms with van der Waals surface area (Å²) in [6.45, 7) is 3.11. The third-order valence-electron chi connectivity index (χ3n) is 5.38. The highest BCUT2D eigenvalue weighted by molar-refractivity contribution is 7.89. The summed E-state index contributed by atoms with van der Waals surface area (Å²) in [6.07, 6.45) is 2.08. The number of hydrogen-bond acceptors (Lipinski definition) is 4. The first-order valence-electron chi connectivity index (χ1n) is 9.98. The minimum atomic E-state index is -3.55. The van der Waals surface area contributed by atoms with Crippen molar-refractivity contribution in [2.24, 2.45) is 0 Å². The fourth-order valence-electron chi connectivity index (χ4n) is 3.48. The van der Waals surface area contributed by atoms with Gasteiger partial charge in [0.05, 0.1) is 4.90 Å². The number of anilines is 1. The van der Waals surface area contributed by atoms with Gasteiger partial charge in [0, 0.05) is 44.5 Å². The number of sulfonamides is 1. The highest BCUT2D eigenvalue weighted by Crippen LogP contribution is 2.19. The highest BCUT2D eigenvalue weighted by atomic mass is 32.2.